The van der Waals surface area contributed by atoms with Gasteiger partial charge in [0.2, 0.25) is 0 Å². The van der Waals surface area contributed by atoms with Crippen LogP contribution < -0.4 is 0 Å². The largest absolute Gasteiger partial charge is 0.381 e. The van der Waals surface area contributed by atoms with E-state index in [-0.39, 0.29) is 6.10 Å². The Labute approximate surface area is 85.3 Å². The van der Waals surface area contributed by atoms with E-state index in [1.54, 1.807) is 7.11 Å². The number of hydrogen-bond acceptors (Lipinski definition) is 2. The Morgan fingerprint density at radius 1 is 1.29 bits per heavy atom. The fraction of sp³-hybridized carbons (Fsp3) is 0.750. The van der Waals surface area contributed by atoms with Crippen molar-refractivity contribution in [3.05, 3.63) is 11.6 Å². The van der Waals surface area contributed by atoms with Gasteiger partial charge in [0.1, 0.15) is 0 Å². The SMILES string of the molecule is COC1CCC(=O)C=C2CCCCC21. The normalized spacial score (nSPS) is 33.2. The summed E-state index contributed by atoms with van der Waals surface area (Å²) < 4.78 is 5.50. The van der Waals surface area contributed by atoms with Gasteiger partial charge in [0.15, 0.2) is 5.78 Å². The molecule has 2 rings (SSSR count). The zero-order chi connectivity index (χ0) is 9.97. The number of ether oxygens (including phenoxy) is 1. The third kappa shape index (κ3) is 1.90. The smallest absolute Gasteiger partial charge is 0.155 e. The molecule has 0 spiro atoms. The van der Waals surface area contributed by atoms with Crippen LogP contribution in [0.4, 0.5) is 0 Å². The lowest BCUT2D eigenvalue weighted by molar-refractivity contribution is -0.115. The van der Waals surface area contributed by atoms with Crippen LogP contribution in [0.5, 0.6) is 0 Å². The van der Waals surface area contributed by atoms with Crippen LogP contribution in [0.25, 0.3) is 0 Å². The molecule has 2 heteroatoms. The van der Waals surface area contributed by atoms with E-state index in [1.165, 1.54) is 24.8 Å². The molecule has 1 fully saturated rings. The molecule has 2 atom stereocenters. The maximum atomic E-state index is 11.5. The molecule has 0 aromatic rings. The van der Waals surface area contributed by atoms with E-state index in [4.69, 9.17) is 4.74 Å². The third-order valence-electron chi connectivity index (χ3n) is 3.48. The van der Waals surface area contributed by atoms with Gasteiger partial charge in [-0.2, -0.15) is 0 Å². The van der Waals surface area contributed by atoms with Gasteiger partial charge >= 0.3 is 0 Å². The quantitative estimate of drug-likeness (QED) is 0.641. The molecule has 0 saturated heterocycles. The summed E-state index contributed by atoms with van der Waals surface area (Å²) >= 11 is 0. The van der Waals surface area contributed by atoms with E-state index in [0.717, 1.165) is 12.8 Å². The number of fused-ring (bicyclic) bond motifs is 1. The van der Waals surface area contributed by atoms with Crippen LogP contribution in [0, 0.1) is 5.92 Å². The van der Waals surface area contributed by atoms with Gasteiger partial charge in [-0.25, -0.2) is 0 Å². The van der Waals surface area contributed by atoms with Gasteiger partial charge in [-0.05, 0) is 31.8 Å². The number of allylic oxidation sites excluding steroid dienone is 1. The highest BCUT2D eigenvalue weighted by Crippen LogP contribution is 2.36. The monoisotopic (exact) mass is 194 g/mol. The number of rotatable bonds is 1. The standard InChI is InChI=1S/C12H18O2/c1-14-12-7-6-10(13)8-9-4-2-3-5-11(9)12/h8,11-12H,2-7H2,1H3. The third-order valence-corrected chi connectivity index (χ3v) is 3.48. The summed E-state index contributed by atoms with van der Waals surface area (Å²) in [6, 6.07) is 0. The van der Waals surface area contributed by atoms with Crippen LogP contribution in [-0.4, -0.2) is 19.0 Å². The number of methoxy groups -OCH3 is 1. The summed E-state index contributed by atoms with van der Waals surface area (Å²) in [5.74, 6) is 0.826. The molecule has 2 aliphatic rings. The van der Waals surface area contributed by atoms with Crippen molar-refractivity contribution in [2.24, 2.45) is 5.92 Å². The summed E-state index contributed by atoms with van der Waals surface area (Å²) in [7, 11) is 1.77. The van der Waals surface area contributed by atoms with Crippen LogP contribution >= 0.6 is 0 Å². The predicted molar refractivity (Wildman–Crippen MR) is 55.1 cm³/mol. The second-order valence-corrected chi connectivity index (χ2v) is 4.35. The molecule has 2 nitrogen and oxygen atoms in total. The van der Waals surface area contributed by atoms with Crippen molar-refractivity contribution in [1.29, 1.82) is 0 Å². The second kappa shape index (κ2) is 4.26. The Bertz CT molecular complexity index is 255. The number of ketones is 1. The van der Waals surface area contributed by atoms with E-state index in [1.807, 2.05) is 6.08 Å². The molecule has 0 heterocycles. The van der Waals surface area contributed by atoms with Crippen molar-refractivity contribution in [3.63, 3.8) is 0 Å². The molecule has 0 bridgehead atoms. The Kier molecular flexibility index (Phi) is 3.02. The molecule has 2 unspecified atom stereocenters. The Morgan fingerprint density at radius 2 is 2.14 bits per heavy atom. The summed E-state index contributed by atoms with van der Waals surface area (Å²) in [4.78, 5) is 11.5. The summed E-state index contributed by atoms with van der Waals surface area (Å²) in [5.41, 5.74) is 1.35. The van der Waals surface area contributed by atoms with Gasteiger partial charge in [0, 0.05) is 19.4 Å². The molecular weight excluding hydrogens is 176 g/mol. The molecule has 0 amide bonds. The van der Waals surface area contributed by atoms with Gasteiger partial charge in [-0.1, -0.05) is 12.0 Å². The fourth-order valence-corrected chi connectivity index (χ4v) is 2.71. The lowest BCUT2D eigenvalue weighted by atomic mass is 9.80. The van der Waals surface area contributed by atoms with Crippen LogP contribution in [0.1, 0.15) is 38.5 Å². The first-order chi connectivity index (χ1) is 6.81. The molecule has 2 aliphatic carbocycles. The zero-order valence-corrected chi connectivity index (χ0v) is 8.79. The first-order valence-electron chi connectivity index (χ1n) is 5.57. The van der Waals surface area contributed by atoms with Crippen LogP contribution in [0.3, 0.4) is 0 Å². The maximum Gasteiger partial charge on any atom is 0.155 e. The van der Waals surface area contributed by atoms with Crippen molar-refractivity contribution in [3.8, 4) is 0 Å². The number of carbonyl (C=O) groups excluding carboxylic acids is 1. The van der Waals surface area contributed by atoms with Crippen molar-refractivity contribution >= 4 is 5.78 Å². The van der Waals surface area contributed by atoms with Crippen LogP contribution in [0.2, 0.25) is 0 Å². The fourth-order valence-electron chi connectivity index (χ4n) is 2.71. The summed E-state index contributed by atoms with van der Waals surface area (Å²) in [6.45, 7) is 0. The molecule has 1 saturated carbocycles. The van der Waals surface area contributed by atoms with Gasteiger partial charge < -0.3 is 4.74 Å². The van der Waals surface area contributed by atoms with Crippen LogP contribution in [-0.2, 0) is 9.53 Å². The molecule has 0 aliphatic heterocycles. The maximum absolute atomic E-state index is 11.5. The minimum Gasteiger partial charge on any atom is -0.381 e. The minimum atomic E-state index is 0.285. The molecule has 78 valence electrons. The molecule has 0 aromatic carbocycles. The zero-order valence-electron chi connectivity index (χ0n) is 8.79. The lowest BCUT2D eigenvalue weighted by Crippen LogP contribution is -2.25. The highest BCUT2D eigenvalue weighted by atomic mass is 16.5. The molecule has 0 N–H and O–H groups in total. The van der Waals surface area contributed by atoms with E-state index >= 15 is 0 Å². The van der Waals surface area contributed by atoms with Crippen molar-refractivity contribution < 1.29 is 9.53 Å². The van der Waals surface area contributed by atoms with Crippen molar-refractivity contribution in [2.75, 3.05) is 7.11 Å². The molecule has 14 heavy (non-hydrogen) atoms. The van der Waals surface area contributed by atoms with Gasteiger partial charge in [-0.3, -0.25) is 4.79 Å². The van der Waals surface area contributed by atoms with E-state index in [9.17, 15) is 4.79 Å². The number of hydrogen-bond donors (Lipinski definition) is 0. The van der Waals surface area contributed by atoms with Crippen LogP contribution in [0.15, 0.2) is 11.6 Å². The molecule has 0 radical (unpaired) electrons. The van der Waals surface area contributed by atoms with E-state index < -0.39 is 0 Å². The molecule has 0 aromatic heterocycles. The topological polar surface area (TPSA) is 26.3 Å². The van der Waals surface area contributed by atoms with Crippen molar-refractivity contribution in [1.82, 2.24) is 0 Å². The summed E-state index contributed by atoms with van der Waals surface area (Å²) in [5, 5.41) is 0. The summed E-state index contributed by atoms with van der Waals surface area (Å²) in [6.07, 6.45) is 8.59. The Morgan fingerprint density at radius 3 is 2.93 bits per heavy atom. The Hall–Kier alpha value is -0.630. The Balaban J connectivity index is 2.20. The first-order valence-corrected chi connectivity index (χ1v) is 5.57. The highest BCUT2D eigenvalue weighted by Gasteiger charge is 2.30. The highest BCUT2D eigenvalue weighted by molar-refractivity contribution is 5.90. The average molecular weight is 194 g/mol. The van der Waals surface area contributed by atoms with Crippen molar-refractivity contribution in [2.45, 2.75) is 44.6 Å². The second-order valence-electron chi connectivity index (χ2n) is 4.35. The van der Waals surface area contributed by atoms with E-state index in [2.05, 4.69) is 0 Å². The van der Waals surface area contributed by atoms with Gasteiger partial charge in [-0.15, -0.1) is 0 Å². The predicted octanol–water partition coefficient (Wildman–Crippen LogP) is 2.48. The van der Waals surface area contributed by atoms with Gasteiger partial charge in [0.05, 0.1) is 6.10 Å². The lowest BCUT2D eigenvalue weighted by Gasteiger charge is -2.30. The first kappa shape index (κ1) is 9.91. The molecular formula is C12H18O2. The average Bonchev–Trinajstić information content (AvgIpc) is 2.36. The van der Waals surface area contributed by atoms with E-state index in [0.29, 0.717) is 18.1 Å². The minimum absolute atomic E-state index is 0.285. The van der Waals surface area contributed by atoms with Gasteiger partial charge in [0.25, 0.3) is 0 Å². The number of carbonyl (C=O) groups is 1.